The van der Waals surface area contributed by atoms with Crippen LogP contribution in [0.5, 0.6) is 5.75 Å². The Labute approximate surface area is 125 Å². The first-order valence-corrected chi connectivity index (χ1v) is 7.22. The van der Waals surface area contributed by atoms with Crippen LogP contribution in [-0.2, 0) is 6.42 Å². The summed E-state index contributed by atoms with van der Waals surface area (Å²) in [4.78, 5) is 0. The minimum atomic E-state index is 0.274. The summed E-state index contributed by atoms with van der Waals surface area (Å²) in [6.45, 7) is 3.05. The summed E-state index contributed by atoms with van der Waals surface area (Å²) < 4.78 is 5.30. The molecule has 0 amide bonds. The first kappa shape index (κ1) is 14.9. The van der Waals surface area contributed by atoms with E-state index in [0.717, 1.165) is 23.7 Å². The Morgan fingerprint density at radius 1 is 1.15 bits per heavy atom. The molecule has 106 valence electrons. The second kappa shape index (κ2) is 7.32. The van der Waals surface area contributed by atoms with E-state index in [-0.39, 0.29) is 6.04 Å². The predicted molar refractivity (Wildman–Crippen MR) is 84.6 cm³/mol. The molecule has 2 nitrogen and oxygen atoms in total. The van der Waals surface area contributed by atoms with Crippen molar-refractivity contribution in [1.29, 1.82) is 0 Å². The minimum Gasteiger partial charge on any atom is -0.497 e. The van der Waals surface area contributed by atoms with Crippen LogP contribution in [0.15, 0.2) is 48.5 Å². The average Bonchev–Trinajstić information content (AvgIpc) is 2.49. The lowest BCUT2D eigenvalue weighted by molar-refractivity contribution is 0.413. The Hall–Kier alpha value is -1.51. The fourth-order valence-corrected chi connectivity index (χ4v) is 2.39. The number of halogens is 1. The molecule has 0 bridgehead atoms. The third kappa shape index (κ3) is 3.99. The molecule has 0 aromatic heterocycles. The number of rotatable bonds is 6. The minimum absolute atomic E-state index is 0.274. The van der Waals surface area contributed by atoms with Crippen LogP contribution < -0.4 is 10.1 Å². The second-order valence-corrected chi connectivity index (χ2v) is 5.15. The van der Waals surface area contributed by atoms with Gasteiger partial charge < -0.3 is 10.1 Å². The van der Waals surface area contributed by atoms with Crippen molar-refractivity contribution in [3.05, 3.63) is 64.7 Å². The smallest absolute Gasteiger partial charge is 0.119 e. The van der Waals surface area contributed by atoms with Gasteiger partial charge in [0.05, 0.1) is 7.11 Å². The molecule has 0 heterocycles. The van der Waals surface area contributed by atoms with Gasteiger partial charge in [0.15, 0.2) is 0 Å². The number of methoxy groups -OCH3 is 1. The third-order valence-electron chi connectivity index (χ3n) is 3.30. The van der Waals surface area contributed by atoms with Crippen molar-refractivity contribution in [2.75, 3.05) is 13.7 Å². The fourth-order valence-electron chi connectivity index (χ4n) is 2.27. The van der Waals surface area contributed by atoms with Crippen molar-refractivity contribution < 1.29 is 4.74 Å². The van der Waals surface area contributed by atoms with E-state index >= 15 is 0 Å². The van der Waals surface area contributed by atoms with E-state index in [1.807, 2.05) is 24.3 Å². The molecule has 0 radical (unpaired) electrons. The Morgan fingerprint density at radius 2 is 1.90 bits per heavy atom. The van der Waals surface area contributed by atoms with Gasteiger partial charge >= 0.3 is 0 Å². The predicted octanol–water partition coefficient (Wildman–Crippen LogP) is 4.24. The van der Waals surface area contributed by atoms with Gasteiger partial charge in [-0.1, -0.05) is 42.8 Å². The van der Waals surface area contributed by atoms with Crippen LogP contribution in [-0.4, -0.2) is 13.7 Å². The van der Waals surface area contributed by atoms with Crippen LogP contribution in [0.4, 0.5) is 0 Å². The summed E-state index contributed by atoms with van der Waals surface area (Å²) >= 11 is 5.93. The maximum absolute atomic E-state index is 5.93. The van der Waals surface area contributed by atoms with Gasteiger partial charge in [0.2, 0.25) is 0 Å². The van der Waals surface area contributed by atoms with E-state index in [1.165, 1.54) is 11.1 Å². The highest BCUT2D eigenvalue weighted by atomic mass is 35.5. The Morgan fingerprint density at radius 3 is 2.55 bits per heavy atom. The molecule has 0 saturated carbocycles. The van der Waals surface area contributed by atoms with Crippen molar-refractivity contribution in [2.24, 2.45) is 0 Å². The van der Waals surface area contributed by atoms with E-state index in [9.17, 15) is 0 Å². The highest BCUT2D eigenvalue weighted by Crippen LogP contribution is 2.23. The molecule has 0 fully saturated rings. The molecule has 0 aliphatic carbocycles. The summed E-state index contributed by atoms with van der Waals surface area (Å²) in [5.74, 6) is 0.890. The quantitative estimate of drug-likeness (QED) is 0.859. The van der Waals surface area contributed by atoms with Crippen molar-refractivity contribution >= 4 is 11.6 Å². The molecule has 2 rings (SSSR count). The average molecular weight is 290 g/mol. The summed E-state index contributed by atoms with van der Waals surface area (Å²) in [5, 5.41) is 4.30. The van der Waals surface area contributed by atoms with E-state index in [0.29, 0.717) is 0 Å². The van der Waals surface area contributed by atoms with Gasteiger partial charge in [-0.25, -0.2) is 0 Å². The van der Waals surface area contributed by atoms with E-state index in [1.54, 1.807) is 7.11 Å². The number of likely N-dealkylation sites (N-methyl/N-ethyl adjacent to an activating group) is 1. The zero-order chi connectivity index (χ0) is 14.4. The zero-order valence-electron chi connectivity index (χ0n) is 11.9. The molecule has 3 heteroatoms. The molecule has 2 aromatic carbocycles. The Kier molecular flexibility index (Phi) is 5.45. The monoisotopic (exact) mass is 289 g/mol. The van der Waals surface area contributed by atoms with Crippen LogP contribution in [0.3, 0.4) is 0 Å². The molecule has 20 heavy (non-hydrogen) atoms. The molecule has 0 aliphatic heterocycles. The second-order valence-electron chi connectivity index (χ2n) is 4.72. The summed E-state index contributed by atoms with van der Waals surface area (Å²) in [6, 6.07) is 16.5. The Balaban J connectivity index is 2.19. The van der Waals surface area contributed by atoms with Crippen LogP contribution in [0.25, 0.3) is 0 Å². The number of hydrogen-bond donors (Lipinski definition) is 1. The summed E-state index contributed by atoms with van der Waals surface area (Å²) in [6.07, 6.45) is 0.929. The molecule has 0 spiro atoms. The lowest BCUT2D eigenvalue weighted by atomic mass is 9.98. The number of benzene rings is 2. The van der Waals surface area contributed by atoms with Gasteiger partial charge in [0, 0.05) is 11.1 Å². The van der Waals surface area contributed by atoms with Crippen LogP contribution in [0.1, 0.15) is 24.1 Å². The molecule has 1 N–H and O–H groups in total. The summed E-state index contributed by atoms with van der Waals surface area (Å²) in [7, 11) is 1.70. The first-order chi connectivity index (χ1) is 9.72. The van der Waals surface area contributed by atoms with E-state index < -0.39 is 0 Å². The fraction of sp³-hybridized carbons (Fsp3) is 0.294. The van der Waals surface area contributed by atoms with Crippen molar-refractivity contribution in [3.63, 3.8) is 0 Å². The van der Waals surface area contributed by atoms with Gasteiger partial charge in [-0.15, -0.1) is 0 Å². The SMILES string of the molecule is CCNC(Cc1ccc(Cl)cc1)c1cccc(OC)c1. The maximum Gasteiger partial charge on any atom is 0.119 e. The highest BCUT2D eigenvalue weighted by Gasteiger charge is 2.12. The van der Waals surface area contributed by atoms with Crippen molar-refractivity contribution in [1.82, 2.24) is 5.32 Å². The van der Waals surface area contributed by atoms with Crippen molar-refractivity contribution in [3.8, 4) is 5.75 Å². The molecule has 0 saturated heterocycles. The normalized spacial score (nSPS) is 12.2. The number of ether oxygens (including phenoxy) is 1. The van der Waals surface area contributed by atoms with Gasteiger partial charge in [0.1, 0.15) is 5.75 Å². The first-order valence-electron chi connectivity index (χ1n) is 6.84. The number of hydrogen-bond acceptors (Lipinski definition) is 2. The molecular weight excluding hydrogens is 270 g/mol. The van der Waals surface area contributed by atoms with Gasteiger partial charge in [-0.05, 0) is 48.4 Å². The van der Waals surface area contributed by atoms with E-state index in [2.05, 4.69) is 36.5 Å². The molecule has 0 aliphatic rings. The molecule has 1 unspecified atom stereocenters. The molecular formula is C17H20ClNO. The van der Waals surface area contributed by atoms with Crippen LogP contribution in [0.2, 0.25) is 5.02 Å². The lowest BCUT2D eigenvalue weighted by Gasteiger charge is -2.19. The lowest BCUT2D eigenvalue weighted by Crippen LogP contribution is -2.22. The van der Waals surface area contributed by atoms with Crippen molar-refractivity contribution in [2.45, 2.75) is 19.4 Å². The standard InChI is InChI=1S/C17H20ClNO/c1-3-19-17(11-13-7-9-15(18)10-8-13)14-5-4-6-16(12-14)20-2/h4-10,12,17,19H,3,11H2,1-2H3. The number of nitrogens with one attached hydrogen (secondary N) is 1. The molecule has 2 aromatic rings. The summed E-state index contributed by atoms with van der Waals surface area (Å²) in [5.41, 5.74) is 2.50. The topological polar surface area (TPSA) is 21.3 Å². The maximum atomic E-state index is 5.93. The van der Waals surface area contributed by atoms with Gasteiger partial charge in [0.25, 0.3) is 0 Å². The zero-order valence-corrected chi connectivity index (χ0v) is 12.7. The highest BCUT2D eigenvalue weighted by molar-refractivity contribution is 6.30. The van der Waals surface area contributed by atoms with Crippen LogP contribution in [0, 0.1) is 0 Å². The largest absolute Gasteiger partial charge is 0.497 e. The van der Waals surface area contributed by atoms with E-state index in [4.69, 9.17) is 16.3 Å². The third-order valence-corrected chi connectivity index (χ3v) is 3.55. The van der Waals surface area contributed by atoms with Gasteiger partial charge in [-0.3, -0.25) is 0 Å². The Bertz CT molecular complexity index is 539. The molecule has 1 atom stereocenters. The van der Waals surface area contributed by atoms with Gasteiger partial charge in [-0.2, -0.15) is 0 Å². The van der Waals surface area contributed by atoms with Crippen LogP contribution >= 0.6 is 11.6 Å².